The van der Waals surface area contributed by atoms with Crippen LogP contribution in [0.2, 0.25) is 0 Å². The number of hydrogen-bond donors (Lipinski definition) is 2. The average Bonchev–Trinajstić information content (AvgIpc) is 3.20. The molecule has 2 aliphatic carbocycles. The van der Waals surface area contributed by atoms with Gasteiger partial charge in [-0.05, 0) is 55.6 Å². The van der Waals surface area contributed by atoms with E-state index in [4.69, 9.17) is 0 Å². The molecule has 0 spiro atoms. The van der Waals surface area contributed by atoms with Crippen molar-refractivity contribution in [3.63, 3.8) is 0 Å². The van der Waals surface area contributed by atoms with Crippen molar-refractivity contribution in [3.8, 4) is 0 Å². The lowest BCUT2D eigenvalue weighted by molar-refractivity contribution is -0.122. The molecule has 1 fully saturated rings. The number of carbonyl (C=O) groups is 2. The number of rotatable bonds is 4. The minimum Gasteiger partial charge on any atom is -0.273 e. The molecule has 0 aromatic carbocycles. The zero-order valence-electron chi connectivity index (χ0n) is 13.8. The first-order valence-electron chi connectivity index (χ1n) is 8.86. The zero-order valence-corrected chi connectivity index (χ0v) is 14.6. The van der Waals surface area contributed by atoms with Gasteiger partial charge in [0, 0.05) is 11.3 Å². The van der Waals surface area contributed by atoms with Crippen LogP contribution in [0, 0.1) is 11.8 Å². The van der Waals surface area contributed by atoms with Crippen LogP contribution in [0.1, 0.15) is 72.0 Å². The van der Waals surface area contributed by atoms with Crippen LogP contribution >= 0.6 is 11.3 Å². The molecule has 1 saturated carbocycles. The Kier molecular flexibility index (Phi) is 5.36. The number of carbonyl (C=O) groups excluding carboxylic acids is 2. The van der Waals surface area contributed by atoms with Gasteiger partial charge >= 0.3 is 0 Å². The Morgan fingerprint density at radius 1 is 1.17 bits per heavy atom. The van der Waals surface area contributed by atoms with Gasteiger partial charge in [0.2, 0.25) is 5.91 Å². The predicted octanol–water partition coefficient (Wildman–Crippen LogP) is 3.60. The minimum atomic E-state index is -0.183. The summed E-state index contributed by atoms with van der Waals surface area (Å²) in [5.41, 5.74) is 6.48. The fourth-order valence-electron chi connectivity index (χ4n) is 3.78. The van der Waals surface area contributed by atoms with Gasteiger partial charge in [0.25, 0.3) is 5.91 Å². The van der Waals surface area contributed by atoms with Crippen LogP contribution in [-0.2, 0) is 17.6 Å². The first-order valence-corrected chi connectivity index (χ1v) is 9.68. The Labute approximate surface area is 142 Å². The molecule has 2 amide bonds. The number of thiophene rings is 1. The third-order valence-electron chi connectivity index (χ3n) is 5.25. The normalized spacial score (nSPS) is 21.0. The number of nitrogens with one attached hydrogen (secondary N) is 2. The molecule has 2 aliphatic rings. The highest BCUT2D eigenvalue weighted by atomic mass is 32.1. The summed E-state index contributed by atoms with van der Waals surface area (Å²) in [6.07, 6.45) is 9.85. The van der Waals surface area contributed by atoms with Crippen LogP contribution in [0.5, 0.6) is 0 Å². The molecule has 0 radical (unpaired) electrons. The van der Waals surface area contributed by atoms with E-state index in [0.29, 0.717) is 17.2 Å². The molecule has 0 aliphatic heterocycles. The molecule has 4 nitrogen and oxygen atoms in total. The number of hydrogen-bond acceptors (Lipinski definition) is 3. The molecule has 0 unspecified atom stereocenters. The van der Waals surface area contributed by atoms with E-state index in [2.05, 4.69) is 17.8 Å². The first kappa shape index (κ1) is 16.5. The van der Waals surface area contributed by atoms with Crippen LogP contribution in [-0.4, -0.2) is 11.8 Å². The Morgan fingerprint density at radius 2 is 1.96 bits per heavy atom. The second-order valence-electron chi connectivity index (χ2n) is 6.93. The van der Waals surface area contributed by atoms with E-state index in [1.54, 1.807) is 11.3 Å². The van der Waals surface area contributed by atoms with E-state index in [1.807, 2.05) is 6.07 Å². The van der Waals surface area contributed by atoms with Gasteiger partial charge in [-0.3, -0.25) is 20.4 Å². The lowest BCUT2D eigenvalue weighted by Crippen LogP contribution is -2.41. The van der Waals surface area contributed by atoms with Gasteiger partial charge in [0.05, 0.1) is 4.88 Å². The van der Waals surface area contributed by atoms with E-state index in [0.717, 1.165) is 31.6 Å². The maximum absolute atomic E-state index is 12.2. The van der Waals surface area contributed by atoms with E-state index in [-0.39, 0.29) is 11.8 Å². The summed E-state index contributed by atoms with van der Waals surface area (Å²) in [5, 5.41) is 0. The van der Waals surface area contributed by atoms with Crippen LogP contribution in [0.15, 0.2) is 6.07 Å². The number of hydrazine groups is 1. The van der Waals surface area contributed by atoms with Crippen molar-refractivity contribution in [1.82, 2.24) is 10.9 Å². The zero-order chi connectivity index (χ0) is 16.2. The highest BCUT2D eigenvalue weighted by Crippen LogP contribution is 2.33. The summed E-state index contributed by atoms with van der Waals surface area (Å²) in [4.78, 5) is 26.2. The fourth-order valence-corrected chi connectivity index (χ4v) is 4.88. The second-order valence-corrected chi connectivity index (χ2v) is 8.07. The van der Waals surface area contributed by atoms with Gasteiger partial charge in [0.1, 0.15) is 0 Å². The molecule has 3 rings (SSSR count). The maximum atomic E-state index is 12.2. The van der Waals surface area contributed by atoms with Gasteiger partial charge in [-0.15, -0.1) is 11.3 Å². The highest BCUT2D eigenvalue weighted by Gasteiger charge is 2.23. The Balaban J connectivity index is 1.50. The molecule has 1 atom stereocenters. The summed E-state index contributed by atoms with van der Waals surface area (Å²) in [7, 11) is 0. The van der Waals surface area contributed by atoms with E-state index < -0.39 is 0 Å². The van der Waals surface area contributed by atoms with Gasteiger partial charge in [-0.1, -0.05) is 26.2 Å². The van der Waals surface area contributed by atoms with Crippen LogP contribution < -0.4 is 10.9 Å². The molecule has 5 heteroatoms. The van der Waals surface area contributed by atoms with Crippen molar-refractivity contribution in [1.29, 1.82) is 0 Å². The summed E-state index contributed by atoms with van der Waals surface area (Å²) in [6, 6.07) is 2.01. The van der Waals surface area contributed by atoms with Crippen molar-refractivity contribution in [2.45, 2.75) is 64.7 Å². The molecule has 1 heterocycles. The quantitative estimate of drug-likeness (QED) is 0.827. The fraction of sp³-hybridized carbons (Fsp3) is 0.667. The van der Waals surface area contributed by atoms with E-state index in [9.17, 15) is 9.59 Å². The number of amides is 2. The van der Waals surface area contributed by atoms with Crippen LogP contribution in [0.3, 0.4) is 0 Å². The molecule has 2 N–H and O–H groups in total. The molecule has 0 saturated heterocycles. The Morgan fingerprint density at radius 3 is 2.70 bits per heavy atom. The Hall–Kier alpha value is -1.36. The second kappa shape index (κ2) is 7.47. The average molecular weight is 334 g/mol. The third-order valence-corrected chi connectivity index (χ3v) is 6.49. The molecule has 23 heavy (non-hydrogen) atoms. The summed E-state index contributed by atoms with van der Waals surface area (Å²) < 4.78 is 0. The van der Waals surface area contributed by atoms with Crippen molar-refractivity contribution in [2.24, 2.45) is 11.8 Å². The van der Waals surface area contributed by atoms with Gasteiger partial charge < -0.3 is 0 Å². The van der Waals surface area contributed by atoms with Crippen molar-refractivity contribution < 1.29 is 9.59 Å². The molecule has 0 bridgehead atoms. The minimum absolute atomic E-state index is 0.0717. The molecule has 1 aromatic heterocycles. The van der Waals surface area contributed by atoms with Gasteiger partial charge in [-0.25, -0.2) is 0 Å². The number of aryl methyl sites for hydroxylation is 1. The molecule has 126 valence electrons. The standard InChI is InChI=1S/C18H26N2O2S/c1-2-12-7-8-15-14(9-12)11-16(23-15)18(22)20-19-17(21)10-13-5-3-4-6-13/h11-13H,2-10H2,1H3,(H,19,21)(H,20,22)/t12-/m0/s1. The predicted molar refractivity (Wildman–Crippen MR) is 92.3 cm³/mol. The SMILES string of the molecule is CC[C@H]1CCc2sc(C(=O)NNC(=O)CC3CCCC3)cc2C1. The van der Waals surface area contributed by atoms with Gasteiger partial charge in [0.15, 0.2) is 0 Å². The van der Waals surface area contributed by atoms with Crippen molar-refractivity contribution >= 4 is 23.2 Å². The van der Waals surface area contributed by atoms with Crippen molar-refractivity contribution in [3.05, 3.63) is 21.4 Å². The summed E-state index contributed by atoms with van der Waals surface area (Å²) in [5.74, 6) is 0.987. The largest absolute Gasteiger partial charge is 0.279 e. The lowest BCUT2D eigenvalue weighted by atomic mass is 9.87. The van der Waals surface area contributed by atoms with Gasteiger partial charge in [-0.2, -0.15) is 0 Å². The topological polar surface area (TPSA) is 58.2 Å². The highest BCUT2D eigenvalue weighted by molar-refractivity contribution is 7.14. The van der Waals surface area contributed by atoms with Crippen LogP contribution in [0.25, 0.3) is 0 Å². The molecular formula is C18H26N2O2S. The van der Waals surface area contributed by atoms with Crippen molar-refractivity contribution in [2.75, 3.05) is 0 Å². The van der Waals surface area contributed by atoms with E-state index >= 15 is 0 Å². The lowest BCUT2D eigenvalue weighted by Gasteiger charge is -2.19. The number of fused-ring (bicyclic) bond motifs is 1. The first-order chi connectivity index (χ1) is 11.2. The van der Waals surface area contributed by atoms with Crippen LogP contribution in [0.4, 0.5) is 0 Å². The molecular weight excluding hydrogens is 308 g/mol. The smallest absolute Gasteiger partial charge is 0.273 e. The van der Waals surface area contributed by atoms with E-state index in [1.165, 1.54) is 36.1 Å². The summed E-state index contributed by atoms with van der Waals surface area (Å²) in [6.45, 7) is 2.23. The summed E-state index contributed by atoms with van der Waals surface area (Å²) >= 11 is 1.58. The third kappa shape index (κ3) is 4.14. The monoisotopic (exact) mass is 334 g/mol. The Bertz CT molecular complexity index is 576. The maximum Gasteiger partial charge on any atom is 0.279 e. The molecule has 1 aromatic rings.